The van der Waals surface area contributed by atoms with Gasteiger partial charge in [0.05, 0.1) is 0 Å². The number of hydrogen-bond acceptors (Lipinski definition) is 3. The molecule has 0 saturated heterocycles. The van der Waals surface area contributed by atoms with E-state index in [4.69, 9.17) is 4.74 Å². The molecule has 0 spiro atoms. The summed E-state index contributed by atoms with van der Waals surface area (Å²) < 4.78 is 5.64. The van der Waals surface area contributed by atoms with Crippen LogP contribution < -0.4 is 10.6 Å². The van der Waals surface area contributed by atoms with Crippen molar-refractivity contribution in [1.29, 1.82) is 0 Å². The van der Waals surface area contributed by atoms with Gasteiger partial charge in [-0.1, -0.05) is 30.3 Å². The second-order valence-electron chi connectivity index (χ2n) is 6.52. The molecule has 1 fully saturated rings. The molecule has 1 aromatic rings. The first-order valence-electron chi connectivity index (χ1n) is 9.02. The first-order valence-corrected chi connectivity index (χ1v) is 9.02. The molecule has 24 heavy (non-hydrogen) atoms. The van der Waals surface area contributed by atoms with Gasteiger partial charge in [-0.05, 0) is 37.8 Å². The minimum atomic E-state index is 0.834. The smallest absolute Gasteiger partial charge is 0.191 e. The minimum absolute atomic E-state index is 0.834. The summed E-state index contributed by atoms with van der Waals surface area (Å²) in [5.74, 6) is 1.71. The number of aliphatic imine (C=N–C) groups is 1. The second kappa shape index (κ2) is 11.0. The molecular weight excluding hydrogens is 300 g/mol. The number of nitrogens with zero attached hydrogens (tertiary/aromatic N) is 2. The summed E-state index contributed by atoms with van der Waals surface area (Å²) in [6.45, 7) is 5.49. The quantitative estimate of drug-likeness (QED) is 0.370. The van der Waals surface area contributed by atoms with Crippen LogP contribution >= 0.6 is 0 Å². The van der Waals surface area contributed by atoms with Gasteiger partial charge < -0.3 is 20.3 Å². The van der Waals surface area contributed by atoms with Crippen LogP contribution in [0.5, 0.6) is 0 Å². The van der Waals surface area contributed by atoms with E-state index in [1.807, 2.05) is 7.05 Å². The third-order valence-corrected chi connectivity index (χ3v) is 4.11. The maximum absolute atomic E-state index is 5.64. The number of benzene rings is 1. The third kappa shape index (κ3) is 8.31. The summed E-state index contributed by atoms with van der Waals surface area (Å²) in [6, 6.07) is 10.5. The van der Waals surface area contributed by atoms with Crippen molar-refractivity contribution in [2.24, 2.45) is 10.9 Å². The SMILES string of the molecule is CN=C(NCCCOCC1CC1)NCCN(C)Cc1ccccc1. The molecule has 2 N–H and O–H groups in total. The van der Waals surface area contributed by atoms with Crippen molar-refractivity contribution in [2.75, 3.05) is 46.9 Å². The van der Waals surface area contributed by atoms with Crippen molar-refractivity contribution in [3.63, 3.8) is 0 Å². The topological polar surface area (TPSA) is 48.9 Å². The molecule has 0 amide bonds. The van der Waals surface area contributed by atoms with Crippen LogP contribution in [0.1, 0.15) is 24.8 Å². The van der Waals surface area contributed by atoms with Gasteiger partial charge in [0.15, 0.2) is 5.96 Å². The molecule has 1 saturated carbocycles. The third-order valence-electron chi connectivity index (χ3n) is 4.11. The molecule has 0 aromatic heterocycles. The molecule has 0 bridgehead atoms. The summed E-state index contributed by atoms with van der Waals surface area (Å²) in [4.78, 5) is 6.57. The van der Waals surface area contributed by atoms with E-state index in [1.54, 1.807) is 0 Å². The summed E-state index contributed by atoms with van der Waals surface area (Å²) in [5.41, 5.74) is 1.34. The number of rotatable bonds is 11. The zero-order chi connectivity index (χ0) is 17.0. The Morgan fingerprint density at radius 2 is 1.96 bits per heavy atom. The first-order chi connectivity index (χ1) is 11.8. The van der Waals surface area contributed by atoms with Gasteiger partial charge in [0.1, 0.15) is 0 Å². The fraction of sp³-hybridized carbons (Fsp3) is 0.632. The van der Waals surface area contributed by atoms with Crippen molar-refractivity contribution >= 4 is 5.96 Å². The van der Waals surface area contributed by atoms with Crippen LogP contribution in [0.3, 0.4) is 0 Å². The molecule has 1 aliphatic rings. The Hall–Kier alpha value is -1.59. The summed E-state index contributed by atoms with van der Waals surface area (Å²) in [5, 5.41) is 6.70. The van der Waals surface area contributed by atoms with E-state index >= 15 is 0 Å². The Morgan fingerprint density at radius 1 is 1.21 bits per heavy atom. The summed E-state index contributed by atoms with van der Waals surface area (Å²) in [7, 11) is 3.95. The van der Waals surface area contributed by atoms with Crippen molar-refractivity contribution in [3.05, 3.63) is 35.9 Å². The highest BCUT2D eigenvalue weighted by molar-refractivity contribution is 5.79. The fourth-order valence-electron chi connectivity index (χ4n) is 2.48. The summed E-state index contributed by atoms with van der Waals surface area (Å²) >= 11 is 0. The Morgan fingerprint density at radius 3 is 2.67 bits per heavy atom. The van der Waals surface area contributed by atoms with Crippen LogP contribution in [-0.2, 0) is 11.3 Å². The van der Waals surface area contributed by atoms with Crippen molar-refractivity contribution in [1.82, 2.24) is 15.5 Å². The van der Waals surface area contributed by atoms with E-state index in [0.717, 1.165) is 57.7 Å². The molecule has 1 aromatic carbocycles. The Kier molecular flexibility index (Phi) is 8.63. The lowest BCUT2D eigenvalue weighted by atomic mass is 10.2. The lowest BCUT2D eigenvalue weighted by Gasteiger charge is -2.18. The fourth-order valence-corrected chi connectivity index (χ4v) is 2.48. The average molecular weight is 332 g/mol. The second-order valence-corrected chi connectivity index (χ2v) is 6.52. The monoisotopic (exact) mass is 332 g/mol. The van der Waals surface area contributed by atoms with Gasteiger partial charge in [0.25, 0.3) is 0 Å². The number of ether oxygens (including phenoxy) is 1. The van der Waals surface area contributed by atoms with Crippen LogP contribution in [0.15, 0.2) is 35.3 Å². The van der Waals surface area contributed by atoms with Gasteiger partial charge in [0, 0.05) is 46.4 Å². The maximum atomic E-state index is 5.64. The molecule has 5 nitrogen and oxygen atoms in total. The van der Waals surface area contributed by atoms with E-state index in [9.17, 15) is 0 Å². The largest absolute Gasteiger partial charge is 0.381 e. The first kappa shape index (κ1) is 18.7. The minimum Gasteiger partial charge on any atom is -0.381 e. The number of nitrogens with one attached hydrogen (secondary N) is 2. The number of hydrogen-bond donors (Lipinski definition) is 2. The molecule has 0 unspecified atom stereocenters. The molecular formula is C19H32N4O. The van der Waals surface area contributed by atoms with E-state index in [0.29, 0.717) is 0 Å². The molecule has 5 heteroatoms. The van der Waals surface area contributed by atoms with Gasteiger partial charge in [-0.15, -0.1) is 0 Å². The van der Waals surface area contributed by atoms with E-state index < -0.39 is 0 Å². The molecule has 0 heterocycles. The van der Waals surface area contributed by atoms with Crippen LogP contribution in [0, 0.1) is 5.92 Å². The maximum Gasteiger partial charge on any atom is 0.191 e. The average Bonchev–Trinajstić information content (AvgIpc) is 3.41. The zero-order valence-corrected chi connectivity index (χ0v) is 15.1. The van der Waals surface area contributed by atoms with Crippen molar-refractivity contribution in [3.8, 4) is 0 Å². The van der Waals surface area contributed by atoms with Crippen molar-refractivity contribution < 1.29 is 4.74 Å². The number of guanidine groups is 1. The van der Waals surface area contributed by atoms with Crippen LogP contribution in [-0.4, -0.2) is 57.8 Å². The van der Waals surface area contributed by atoms with E-state index in [-0.39, 0.29) is 0 Å². The van der Waals surface area contributed by atoms with Crippen LogP contribution in [0.2, 0.25) is 0 Å². The molecule has 134 valence electrons. The highest BCUT2D eigenvalue weighted by atomic mass is 16.5. The molecule has 0 atom stereocenters. The Labute approximate surface area is 146 Å². The zero-order valence-electron chi connectivity index (χ0n) is 15.1. The standard InChI is InChI=1S/C19H32N4O/c1-20-19(21-11-6-14-24-16-18-9-10-18)22-12-13-23(2)15-17-7-4-3-5-8-17/h3-5,7-8,18H,6,9-16H2,1-2H3,(H2,20,21,22). The normalized spacial score (nSPS) is 14.9. The summed E-state index contributed by atoms with van der Waals surface area (Å²) in [6.07, 6.45) is 3.72. The number of likely N-dealkylation sites (N-methyl/N-ethyl adjacent to an activating group) is 1. The van der Waals surface area contributed by atoms with Crippen molar-refractivity contribution in [2.45, 2.75) is 25.8 Å². The van der Waals surface area contributed by atoms with Gasteiger partial charge in [-0.3, -0.25) is 4.99 Å². The van der Waals surface area contributed by atoms with Gasteiger partial charge in [0.2, 0.25) is 0 Å². The highest BCUT2D eigenvalue weighted by Crippen LogP contribution is 2.28. The molecule has 0 radical (unpaired) electrons. The lowest BCUT2D eigenvalue weighted by molar-refractivity contribution is 0.123. The Bertz CT molecular complexity index is 474. The predicted molar refractivity (Wildman–Crippen MR) is 100 cm³/mol. The Balaban J connectivity index is 1.49. The van der Waals surface area contributed by atoms with Gasteiger partial charge in [-0.25, -0.2) is 0 Å². The lowest BCUT2D eigenvalue weighted by Crippen LogP contribution is -2.41. The van der Waals surface area contributed by atoms with Gasteiger partial charge >= 0.3 is 0 Å². The van der Waals surface area contributed by atoms with E-state index in [1.165, 1.54) is 18.4 Å². The molecule has 1 aliphatic carbocycles. The van der Waals surface area contributed by atoms with Gasteiger partial charge in [-0.2, -0.15) is 0 Å². The predicted octanol–water partition coefficient (Wildman–Crippen LogP) is 2.10. The highest BCUT2D eigenvalue weighted by Gasteiger charge is 2.20. The van der Waals surface area contributed by atoms with Crippen LogP contribution in [0.4, 0.5) is 0 Å². The molecule has 2 rings (SSSR count). The molecule has 0 aliphatic heterocycles. The van der Waals surface area contributed by atoms with Crippen LogP contribution in [0.25, 0.3) is 0 Å². The van der Waals surface area contributed by atoms with E-state index in [2.05, 4.69) is 57.9 Å².